The van der Waals surface area contributed by atoms with Crippen LogP contribution in [0.5, 0.6) is 0 Å². The number of amides is 2. The van der Waals surface area contributed by atoms with Crippen LogP contribution in [0.25, 0.3) is 0 Å². The Hall–Kier alpha value is -2.37. The molecule has 1 aromatic rings. The first-order chi connectivity index (χ1) is 11.9. The van der Waals surface area contributed by atoms with Gasteiger partial charge in [-0.15, -0.1) is 0 Å². The summed E-state index contributed by atoms with van der Waals surface area (Å²) >= 11 is 0. The minimum absolute atomic E-state index is 0.139. The number of benzene rings is 1. The number of hydrogen-bond donors (Lipinski definition) is 3. The molecule has 1 aliphatic carbocycles. The van der Waals surface area contributed by atoms with Crippen LogP contribution in [-0.4, -0.2) is 35.0 Å². The van der Waals surface area contributed by atoms with Gasteiger partial charge in [0.15, 0.2) is 0 Å². The average molecular weight is 346 g/mol. The summed E-state index contributed by atoms with van der Waals surface area (Å²) in [7, 11) is 0. The molecule has 6 heteroatoms. The molecule has 1 unspecified atom stereocenters. The Labute approximate surface area is 148 Å². The van der Waals surface area contributed by atoms with Gasteiger partial charge in [-0.2, -0.15) is 0 Å². The topological polar surface area (TPSA) is 95.5 Å². The number of carboxylic acid groups (broad SMARTS) is 1. The molecule has 136 valence electrons. The summed E-state index contributed by atoms with van der Waals surface area (Å²) < 4.78 is 0. The number of hydrogen-bond acceptors (Lipinski definition) is 3. The molecule has 2 amide bonds. The van der Waals surface area contributed by atoms with Crippen LogP contribution in [0.1, 0.15) is 66.7 Å². The minimum atomic E-state index is -1.09. The zero-order chi connectivity index (χ0) is 18.4. The Bertz CT molecular complexity index is 636. The summed E-state index contributed by atoms with van der Waals surface area (Å²) in [6, 6.07) is 5.64. The highest BCUT2D eigenvalue weighted by Crippen LogP contribution is 2.18. The molecule has 0 radical (unpaired) electrons. The van der Waals surface area contributed by atoms with Crippen molar-refractivity contribution >= 4 is 17.8 Å². The summed E-state index contributed by atoms with van der Waals surface area (Å²) in [6.07, 6.45) is 5.30. The highest BCUT2D eigenvalue weighted by atomic mass is 16.4. The maximum atomic E-state index is 12.6. The average Bonchev–Trinajstić information content (AvgIpc) is 2.59. The Morgan fingerprint density at radius 1 is 1.00 bits per heavy atom. The van der Waals surface area contributed by atoms with Crippen LogP contribution >= 0.6 is 0 Å². The van der Waals surface area contributed by atoms with Gasteiger partial charge in [0.05, 0.1) is 11.1 Å². The standard InChI is InChI=1S/C19H26N2O4/c1-12(2)16(19(24)25)21-18(23)15-11-7-6-10-14(15)17(22)20-13-8-4-3-5-9-13/h6-7,10-13,16H,3-5,8-9H2,1-2H3,(H,20,22)(H,21,23)(H,24,25). The van der Waals surface area contributed by atoms with Crippen molar-refractivity contribution in [2.45, 2.75) is 58.0 Å². The highest BCUT2D eigenvalue weighted by Gasteiger charge is 2.26. The van der Waals surface area contributed by atoms with Gasteiger partial charge in [-0.1, -0.05) is 45.2 Å². The fourth-order valence-corrected chi connectivity index (χ4v) is 3.12. The van der Waals surface area contributed by atoms with Crippen molar-refractivity contribution in [3.8, 4) is 0 Å². The van der Waals surface area contributed by atoms with Crippen molar-refractivity contribution < 1.29 is 19.5 Å². The third kappa shape index (κ3) is 5.05. The van der Waals surface area contributed by atoms with Gasteiger partial charge < -0.3 is 15.7 Å². The largest absolute Gasteiger partial charge is 0.480 e. The quantitative estimate of drug-likeness (QED) is 0.738. The van der Waals surface area contributed by atoms with Crippen molar-refractivity contribution in [1.82, 2.24) is 10.6 Å². The van der Waals surface area contributed by atoms with Gasteiger partial charge in [0.1, 0.15) is 6.04 Å². The Balaban J connectivity index is 2.14. The van der Waals surface area contributed by atoms with Crippen LogP contribution in [-0.2, 0) is 4.79 Å². The lowest BCUT2D eigenvalue weighted by molar-refractivity contribution is -0.140. The molecule has 0 saturated heterocycles. The number of carboxylic acids is 1. The summed E-state index contributed by atoms with van der Waals surface area (Å²) in [5, 5.41) is 14.7. The number of nitrogens with one attached hydrogen (secondary N) is 2. The van der Waals surface area contributed by atoms with E-state index in [2.05, 4.69) is 10.6 Å². The second kappa shape index (κ2) is 8.65. The highest BCUT2D eigenvalue weighted by molar-refractivity contribution is 6.08. The van der Waals surface area contributed by atoms with Crippen molar-refractivity contribution in [1.29, 1.82) is 0 Å². The predicted molar refractivity (Wildman–Crippen MR) is 94.5 cm³/mol. The molecule has 1 aromatic carbocycles. The second-order valence-corrected chi connectivity index (χ2v) is 6.89. The van der Waals surface area contributed by atoms with E-state index in [-0.39, 0.29) is 29.0 Å². The van der Waals surface area contributed by atoms with Crippen LogP contribution in [0.15, 0.2) is 24.3 Å². The molecule has 1 aliphatic rings. The maximum absolute atomic E-state index is 12.6. The van der Waals surface area contributed by atoms with Gasteiger partial charge in [-0.25, -0.2) is 4.79 Å². The van der Waals surface area contributed by atoms with E-state index in [4.69, 9.17) is 0 Å². The third-order valence-corrected chi connectivity index (χ3v) is 4.58. The van der Waals surface area contributed by atoms with Crippen LogP contribution in [0.4, 0.5) is 0 Å². The van der Waals surface area contributed by atoms with Crippen molar-refractivity contribution in [2.75, 3.05) is 0 Å². The van der Waals surface area contributed by atoms with Gasteiger partial charge in [0.25, 0.3) is 11.8 Å². The van der Waals surface area contributed by atoms with Gasteiger partial charge in [0.2, 0.25) is 0 Å². The van der Waals surface area contributed by atoms with E-state index in [1.807, 2.05) is 0 Å². The van der Waals surface area contributed by atoms with Crippen LogP contribution in [0.2, 0.25) is 0 Å². The van der Waals surface area contributed by atoms with Crippen LogP contribution in [0, 0.1) is 5.92 Å². The monoisotopic (exact) mass is 346 g/mol. The zero-order valence-electron chi connectivity index (χ0n) is 14.7. The van der Waals surface area contributed by atoms with Gasteiger partial charge >= 0.3 is 5.97 Å². The molecule has 3 N–H and O–H groups in total. The fraction of sp³-hybridized carbons (Fsp3) is 0.526. The van der Waals surface area contributed by atoms with Gasteiger partial charge in [-0.3, -0.25) is 9.59 Å². The summed E-state index contributed by atoms with van der Waals surface area (Å²) in [5.41, 5.74) is 0.473. The van der Waals surface area contributed by atoms with E-state index in [1.165, 1.54) is 6.42 Å². The van der Waals surface area contributed by atoms with Crippen LogP contribution < -0.4 is 10.6 Å². The molecule has 2 rings (SSSR count). The lowest BCUT2D eigenvalue weighted by atomic mass is 9.95. The molecule has 1 fully saturated rings. The Morgan fingerprint density at radius 2 is 1.56 bits per heavy atom. The fourth-order valence-electron chi connectivity index (χ4n) is 3.12. The molecule has 0 spiro atoms. The lowest BCUT2D eigenvalue weighted by Crippen LogP contribution is -2.45. The van der Waals surface area contributed by atoms with Crippen molar-refractivity contribution in [3.63, 3.8) is 0 Å². The number of carbonyl (C=O) groups is 3. The normalized spacial score (nSPS) is 16.3. The van der Waals surface area contributed by atoms with E-state index >= 15 is 0 Å². The van der Waals surface area contributed by atoms with Crippen molar-refractivity contribution in [3.05, 3.63) is 35.4 Å². The van der Waals surface area contributed by atoms with E-state index in [0.29, 0.717) is 0 Å². The molecular formula is C19H26N2O4. The smallest absolute Gasteiger partial charge is 0.326 e. The molecule has 25 heavy (non-hydrogen) atoms. The number of aliphatic carboxylic acids is 1. The molecule has 0 bridgehead atoms. The Kier molecular flexibility index (Phi) is 6.56. The molecule has 1 atom stereocenters. The molecule has 0 heterocycles. The van der Waals surface area contributed by atoms with Gasteiger partial charge in [-0.05, 0) is 30.9 Å². The number of carbonyl (C=O) groups excluding carboxylic acids is 2. The predicted octanol–water partition coefficient (Wildman–Crippen LogP) is 2.59. The van der Waals surface area contributed by atoms with Crippen LogP contribution in [0.3, 0.4) is 0 Å². The Morgan fingerprint density at radius 3 is 2.08 bits per heavy atom. The van der Waals surface area contributed by atoms with E-state index in [0.717, 1.165) is 25.7 Å². The van der Waals surface area contributed by atoms with Crippen molar-refractivity contribution in [2.24, 2.45) is 5.92 Å². The zero-order valence-corrected chi connectivity index (χ0v) is 14.7. The summed E-state index contributed by atoms with van der Waals surface area (Å²) in [6.45, 7) is 3.45. The molecule has 0 aliphatic heterocycles. The first kappa shape index (κ1) is 19.0. The minimum Gasteiger partial charge on any atom is -0.480 e. The molecule has 0 aromatic heterocycles. The SMILES string of the molecule is CC(C)C(NC(=O)c1ccccc1C(=O)NC1CCCCC1)C(=O)O. The molecule has 1 saturated carbocycles. The number of rotatable bonds is 6. The van der Waals surface area contributed by atoms with E-state index in [1.54, 1.807) is 38.1 Å². The van der Waals surface area contributed by atoms with E-state index in [9.17, 15) is 19.5 Å². The first-order valence-corrected chi connectivity index (χ1v) is 8.83. The molecular weight excluding hydrogens is 320 g/mol. The lowest BCUT2D eigenvalue weighted by Gasteiger charge is -2.23. The molecule has 6 nitrogen and oxygen atoms in total. The summed E-state index contributed by atoms with van der Waals surface area (Å²) in [5.74, 6) is -2.18. The van der Waals surface area contributed by atoms with E-state index < -0.39 is 17.9 Å². The van der Waals surface area contributed by atoms with Gasteiger partial charge in [0, 0.05) is 6.04 Å². The first-order valence-electron chi connectivity index (χ1n) is 8.83. The maximum Gasteiger partial charge on any atom is 0.326 e. The summed E-state index contributed by atoms with van der Waals surface area (Å²) in [4.78, 5) is 36.4. The third-order valence-electron chi connectivity index (χ3n) is 4.58. The second-order valence-electron chi connectivity index (χ2n) is 6.89.